The molecule has 0 aliphatic carbocycles. The normalized spacial score (nSPS) is 11.3. The van der Waals surface area contributed by atoms with Crippen molar-refractivity contribution in [2.75, 3.05) is 23.7 Å². The van der Waals surface area contributed by atoms with Crippen LogP contribution in [0.15, 0.2) is 42.5 Å². The maximum atomic E-state index is 13.3. The van der Waals surface area contributed by atoms with E-state index in [1.807, 2.05) is 25.1 Å². The Kier molecular flexibility index (Phi) is 7.21. The Balaban J connectivity index is 1.93. The standard InChI is InChI=1S/C19H22ClFN2O3S/c1-14-5-3-6-15(11-14)7-4-10-22-19(24)13-23(27(2,25)26)16-8-9-18(21)17(20)12-16/h3,5-6,8-9,11-12H,4,7,10,13H2,1-2H3,(H,22,24). The first-order valence-corrected chi connectivity index (χ1v) is 10.6. The van der Waals surface area contributed by atoms with Gasteiger partial charge in [-0.15, -0.1) is 0 Å². The van der Waals surface area contributed by atoms with Crippen molar-refractivity contribution >= 4 is 33.2 Å². The highest BCUT2D eigenvalue weighted by molar-refractivity contribution is 7.92. The van der Waals surface area contributed by atoms with E-state index in [4.69, 9.17) is 11.6 Å². The van der Waals surface area contributed by atoms with Crippen LogP contribution in [0.2, 0.25) is 5.02 Å². The molecule has 2 aromatic rings. The third-order valence-corrected chi connectivity index (χ3v) is 5.36. The summed E-state index contributed by atoms with van der Waals surface area (Å²) in [6, 6.07) is 11.6. The SMILES string of the molecule is Cc1cccc(CCCNC(=O)CN(c2ccc(F)c(Cl)c2)S(C)(=O)=O)c1. The molecule has 27 heavy (non-hydrogen) atoms. The number of amides is 1. The highest BCUT2D eigenvalue weighted by atomic mass is 35.5. The molecule has 0 aromatic heterocycles. The fourth-order valence-electron chi connectivity index (χ4n) is 2.61. The van der Waals surface area contributed by atoms with Gasteiger partial charge in [0.15, 0.2) is 0 Å². The van der Waals surface area contributed by atoms with Crippen LogP contribution in [0.5, 0.6) is 0 Å². The van der Waals surface area contributed by atoms with Crippen molar-refractivity contribution in [1.82, 2.24) is 5.32 Å². The lowest BCUT2D eigenvalue weighted by Gasteiger charge is -2.22. The first-order chi connectivity index (χ1) is 12.7. The number of nitrogens with one attached hydrogen (secondary N) is 1. The van der Waals surface area contributed by atoms with Crippen molar-refractivity contribution in [3.8, 4) is 0 Å². The molecular formula is C19H22ClFN2O3S. The fourth-order valence-corrected chi connectivity index (χ4v) is 3.64. The van der Waals surface area contributed by atoms with E-state index in [1.165, 1.54) is 23.3 Å². The summed E-state index contributed by atoms with van der Waals surface area (Å²) in [6.45, 7) is 2.05. The molecule has 0 heterocycles. The van der Waals surface area contributed by atoms with Crippen molar-refractivity contribution < 1.29 is 17.6 Å². The van der Waals surface area contributed by atoms with Crippen molar-refractivity contribution in [3.63, 3.8) is 0 Å². The molecule has 2 rings (SSSR count). The monoisotopic (exact) mass is 412 g/mol. The second-order valence-electron chi connectivity index (χ2n) is 6.31. The molecule has 0 fully saturated rings. The minimum Gasteiger partial charge on any atom is -0.355 e. The summed E-state index contributed by atoms with van der Waals surface area (Å²) in [5.74, 6) is -1.10. The third kappa shape index (κ3) is 6.52. The summed E-state index contributed by atoms with van der Waals surface area (Å²) >= 11 is 5.72. The molecule has 0 aliphatic heterocycles. The van der Waals surface area contributed by atoms with E-state index in [-0.39, 0.29) is 10.7 Å². The zero-order valence-corrected chi connectivity index (χ0v) is 16.8. The Labute approximate surface area is 164 Å². The van der Waals surface area contributed by atoms with Gasteiger partial charge in [-0.3, -0.25) is 9.10 Å². The number of hydrogen-bond acceptors (Lipinski definition) is 3. The second-order valence-corrected chi connectivity index (χ2v) is 8.62. The van der Waals surface area contributed by atoms with E-state index >= 15 is 0 Å². The molecule has 0 bridgehead atoms. The summed E-state index contributed by atoms with van der Waals surface area (Å²) < 4.78 is 38.2. The molecule has 1 N–H and O–H groups in total. The van der Waals surface area contributed by atoms with E-state index in [0.29, 0.717) is 6.54 Å². The molecule has 2 aromatic carbocycles. The number of carbonyl (C=O) groups excluding carboxylic acids is 1. The summed E-state index contributed by atoms with van der Waals surface area (Å²) in [4.78, 5) is 12.2. The number of carbonyl (C=O) groups is 1. The van der Waals surface area contributed by atoms with Gasteiger partial charge in [0.05, 0.1) is 17.0 Å². The van der Waals surface area contributed by atoms with Gasteiger partial charge >= 0.3 is 0 Å². The first kappa shape index (κ1) is 21.2. The van der Waals surface area contributed by atoms with Gasteiger partial charge in [-0.25, -0.2) is 12.8 Å². The zero-order valence-electron chi connectivity index (χ0n) is 15.2. The summed E-state index contributed by atoms with van der Waals surface area (Å²) in [6.07, 6.45) is 2.52. The van der Waals surface area contributed by atoms with E-state index in [0.717, 1.165) is 29.5 Å². The van der Waals surface area contributed by atoms with Crippen LogP contribution in [0.1, 0.15) is 17.5 Å². The molecular weight excluding hydrogens is 391 g/mol. The van der Waals surface area contributed by atoms with Crippen molar-refractivity contribution in [3.05, 3.63) is 64.4 Å². The molecule has 0 saturated carbocycles. The van der Waals surface area contributed by atoms with E-state index in [1.54, 1.807) is 0 Å². The fraction of sp³-hybridized carbons (Fsp3) is 0.316. The molecule has 0 saturated heterocycles. The average molecular weight is 413 g/mol. The summed E-state index contributed by atoms with van der Waals surface area (Å²) in [7, 11) is -3.73. The van der Waals surface area contributed by atoms with Crippen LogP contribution in [-0.2, 0) is 21.2 Å². The van der Waals surface area contributed by atoms with Crippen LogP contribution in [-0.4, -0.2) is 33.7 Å². The van der Waals surface area contributed by atoms with E-state index < -0.39 is 28.3 Å². The number of hydrogen-bond donors (Lipinski definition) is 1. The van der Waals surface area contributed by atoms with Gasteiger partial charge in [0.1, 0.15) is 12.4 Å². The number of sulfonamides is 1. The largest absolute Gasteiger partial charge is 0.355 e. The van der Waals surface area contributed by atoms with Gasteiger partial charge in [0, 0.05) is 6.54 Å². The van der Waals surface area contributed by atoms with Crippen LogP contribution in [0.25, 0.3) is 0 Å². The highest BCUT2D eigenvalue weighted by Crippen LogP contribution is 2.24. The topological polar surface area (TPSA) is 66.5 Å². The van der Waals surface area contributed by atoms with Crippen molar-refractivity contribution in [1.29, 1.82) is 0 Å². The molecule has 0 spiro atoms. The first-order valence-electron chi connectivity index (χ1n) is 8.42. The lowest BCUT2D eigenvalue weighted by molar-refractivity contribution is -0.119. The van der Waals surface area contributed by atoms with E-state index in [9.17, 15) is 17.6 Å². The third-order valence-electron chi connectivity index (χ3n) is 3.93. The molecule has 0 aliphatic rings. The maximum absolute atomic E-state index is 13.3. The Morgan fingerprint density at radius 1 is 1.22 bits per heavy atom. The molecule has 146 valence electrons. The van der Waals surface area contributed by atoms with Crippen LogP contribution in [0.3, 0.4) is 0 Å². The second kappa shape index (κ2) is 9.19. The molecule has 8 heteroatoms. The molecule has 0 unspecified atom stereocenters. The number of aryl methyl sites for hydroxylation is 2. The number of halogens is 2. The molecule has 1 amide bonds. The lowest BCUT2D eigenvalue weighted by atomic mass is 10.1. The smallest absolute Gasteiger partial charge is 0.240 e. The predicted octanol–water partition coefficient (Wildman–Crippen LogP) is 3.30. The van der Waals surface area contributed by atoms with Crippen molar-refractivity contribution in [2.24, 2.45) is 0 Å². The van der Waals surface area contributed by atoms with E-state index in [2.05, 4.69) is 11.4 Å². The highest BCUT2D eigenvalue weighted by Gasteiger charge is 2.21. The van der Waals surface area contributed by atoms with Gasteiger partial charge in [0.25, 0.3) is 0 Å². The minimum absolute atomic E-state index is 0.138. The Morgan fingerprint density at radius 2 is 1.96 bits per heavy atom. The maximum Gasteiger partial charge on any atom is 0.240 e. The lowest BCUT2D eigenvalue weighted by Crippen LogP contribution is -2.40. The Hall–Kier alpha value is -2.12. The number of nitrogens with zero attached hydrogens (tertiary/aromatic N) is 1. The summed E-state index contributed by atoms with van der Waals surface area (Å²) in [5, 5.41) is 2.51. The quantitative estimate of drug-likeness (QED) is 0.676. The van der Waals surface area contributed by atoms with Crippen molar-refractivity contribution in [2.45, 2.75) is 19.8 Å². The minimum atomic E-state index is -3.73. The number of anilines is 1. The number of rotatable bonds is 8. The van der Waals surface area contributed by atoms with Gasteiger partial charge in [-0.2, -0.15) is 0 Å². The van der Waals surface area contributed by atoms with Gasteiger partial charge in [0.2, 0.25) is 15.9 Å². The average Bonchev–Trinajstić information content (AvgIpc) is 2.58. The number of benzene rings is 2. The van der Waals surface area contributed by atoms with Crippen LogP contribution < -0.4 is 9.62 Å². The molecule has 0 atom stereocenters. The van der Waals surface area contributed by atoms with Crippen LogP contribution >= 0.6 is 11.6 Å². The predicted molar refractivity (Wildman–Crippen MR) is 106 cm³/mol. The van der Waals surface area contributed by atoms with Gasteiger partial charge < -0.3 is 5.32 Å². The van der Waals surface area contributed by atoms with Gasteiger partial charge in [-0.05, 0) is 43.5 Å². The Morgan fingerprint density at radius 3 is 2.59 bits per heavy atom. The molecule has 5 nitrogen and oxygen atoms in total. The summed E-state index contributed by atoms with van der Waals surface area (Å²) in [5.41, 5.74) is 2.50. The van der Waals surface area contributed by atoms with Gasteiger partial charge in [-0.1, -0.05) is 41.4 Å². The zero-order chi connectivity index (χ0) is 20.0. The van der Waals surface area contributed by atoms with Crippen LogP contribution in [0.4, 0.5) is 10.1 Å². The Bertz CT molecular complexity index is 919. The van der Waals surface area contributed by atoms with Crippen LogP contribution in [0, 0.1) is 12.7 Å². The molecule has 0 radical (unpaired) electrons.